The fourth-order valence-corrected chi connectivity index (χ4v) is 4.20. The summed E-state index contributed by atoms with van der Waals surface area (Å²) in [5.41, 5.74) is 1.90. The molecule has 0 spiro atoms. The van der Waals surface area contributed by atoms with Crippen molar-refractivity contribution in [2.24, 2.45) is 17.8 Å². The number of rotatable bonds is 5. The molecular formula is C18H20N2O3. The first-order valence-electron chi connectivity index (χ1n) is 8.23. The van der Waals surface area contributed by atoms with Crippen molar-refractivity contribution in [2.75, 3.05) is 0 Å². The van der Waals surface area contributed by atoms with Gasteiger partial charge in [0.2, 0.25) is 5.91 Å². The van der Waals surface area contributed by atoms with E-state index >= 15 is 0 Å². The highest BCUT2D eigenvalue weighted by Crippen LogP contribution is 2.57. The first kappa shape index (κ1) is 14.3. The lowest BCUT2D eigenvalue weighted by Crippen LogP contribution is -2.43. The Morgan fingerprint density at radius 3 is 2.74 bits per heavy atom. The van der Waals surface area contributed by atoms with Gasteiger partial charge in [0.1, 0.15) is 6.04 Å². The highest BCUT2D eigenvalue weighted by molar-refractivity contribution is 5.88. The number of carboxylic acids is 1. The molecule has 5 heteroatoms. The van der Waals surface area contributed by atoms with Gasteiger partial charge < -0.3 is 15.4 Å². The third kappa shape index (κ3) is 2.50. The number of hydrogen-bond acceptors (Lipinski definition) is 2. The van der Waals surface area contributed by atoms with E-state index in [4.69, 9.17) is 0 Å². The third-order valence-corrected chi connectivity index (χ3v) is 5.42. The Kier molecular flexibility index (Phi) is 3.36. The lowest BCUT2D eigenvalue weighted by molar-refractivity contribution is -0.142. The van der Waals surface area contributed by atoms with E-state index in [0.717, 1.165) is 29.3 Å². The molecule has 1 aromatic carbocycles. The van der Waals surface area contributed by atoms with Gasteiger partial charge in [-0.2, -0.15) is 0 Å². The topological polar surface area (TPSA) is 82.2 Å². The second kappa shape index (κ2) is 5.41. The van der Waals surface area contributed by atoms with Crippen LogP contribution in [0.25, 0.3) is 10.9 Å². The summed E-state index contributed by atoms with van der Waals surface area (Å²) in [5.74, 6) is -0.00924. The molecule has 3 unspecified atom stereocenters. The van der Waals surface area contributed by atoms with Crippen LogP contribution in [0.5, 0.6) is 0 Å². The molecule has 2 aliphatic rings. The van der Waals surface area contributed by atoms with Gasteiger partial charge in [-0.3, -0.25) is 4.79 Å². The van der Waals surface area contributed by atoms with Crippen LogP contribution in [0.3, 0.4) is 0 Å². The number of H-pyrrole nitrogens is 1. The molecule has 0 radical (unpaired) electrons. The summed E-state index contributed by atoms with van der Waals surface area (Å²) in [7, 11) is 0. The quantitative estimate of drug-likeness (QED) is 0.792. The van der Waals surface area contributed by atoms with Crippen LogP contribution in [0.1, 0.15) is 24.8 Å². The molecule has 2 saturated carbocycles. The van der Waals surface area contributed by atoms with Crippen molar-refractivity contribution in [3.63, 3.8) is 0 Å². The maximum Gasteiger partial charge on any atom is 0.326 e. The van der Waals surface area contributed by atoms with E-state index in [1.165, 1.54) is 6.42 Å². The average molecular weight is 312 g/mol. The molecule has 0 saturated heterocycles. The molecule has 3 atom stereocenters. The molecule has 4 rings (SSSR count). The number of hydrogen-bond donors (Lipinski definition) is 3. The molecule has 23 heavy (non-hydrogen) atoms. The molecule has 1 heterocycles. The van der Waals surface area contributed by atoms with Gasteiger partial charge >= 0.3 is 5.97 Å². The maximum atomic E-state index is 12.3. The van der Waals surface area contributed by atoms with Gasteiger partial charge in [0.15, 0.2) is 0 Å². The molecule has 1 aromatic heterocycles. The van der Waals surface area contributed by atoms with E-state index in [-0.39, 0.29) is 11.8 Å². The van der Waals surface area contributed by atoms with E-state index in [1.54, 1.807) is 0 Å². The molecule has 0 aliphatic heterocycles. The summed E-state index contributed by atoms with van der Waals surface area (Å²) in [5, 5.41) is 13.2. The van der Waals surface area contributed by atoms with Crippen molar-refractivity contribution in [3.05, 3.63) is 36.0 Å². The smallest absolute Gasteiger partial charge is 0.326 e. The zero-order valence-corrected chi connectivity index (χ0v) is 12.8. The number of aliphatic carboxylic acids is 1. The highest BCUT2D eigenvalue weighted by Gasteiger charge is 2.56. The van der Waals surface area contributed by atoms with Gasteiger partial charge in [0, 0.05) is 29.4 Å². The van der Waals surface area contributed by atoms with Crippen LogP contribution in [0, 0.1) is 17.8 Å². The summed E-state index contributed by atoms with van der Waals surface area (Å²) in [6, 6.07) is 6.92. The normalized spacial score (nSPS) is 26.7. The van der Waals surface area contributed by atoms with Gasteiger partial charge in [-0.15, -0.1) is 0 Å². The van der Waals surface area contributed by atoms with Crippen molar-refractivity contribution in [1.82, 2.24) is 10.3 Å². The predicted octanol–water partition coefficient (Wildman–Crippen LogP) is 2.33. The largest absolute Gasteiger partial charge is 0.480 e. The lowest BCUT2D eigenvalue weighted by atomic mass is 10.0. The Morgan fingerprint density at radius 1 is 1.26 bits per heavy atom. The van der Waals surface area contributed by atoms with Crippen LogP contribution in [0.4, 0.5) is 0 Å². The zero-order valence-electron chi connectivity index (χ0n) is 12.8. The fourth-order valence-electron chi connectivity index (χ4n) is 4.20. The van der Waals surface area contributed by atoms with E-state index in [2.05, 4.69) is 10.3 Å². The first-order valence-corrected chi connectivity index (χ1v) is 8.23. The van der Waals surface area contributed by atoms with Crippen molar-refractivity contribution in [2.45, 2.75) is 31.7 Å². The van der Waals surface area contributed by atoms with Crippen molar-refractivity contribution < 1.29 is 14.7 Å². The number of aromatic amines is 1. The van der Waals surface area contributed by atoms with Gasteiger partial charge in [-0.25, -0.2) is 4.79 Å². The van der Waals surface area contributed by atoms with Crippen molar-refractivity contribution in [1.29, 1.82) is 0 Å². The van der Waals surface area contributed by atoms with E-state index in [0.29, 0.717) is 18.3 Å². The number of aromatic nitrogens is 1. The molecule has 1 amide bonds. The number of nitrogens with one attached hydrogen (secondary N) is 2. The van der Waals surface area contributed by atoms with E-state index < -0.39 is 12.0 Å². The fraction of sp³-hybridized carbons (Fsp3) is 0.444. The Morgan fingerprint density at radius 2 is 2.00 bits per heavy atom. The molecule has 120 valence electrons. The number of benzene rings is 1. The van der Waals surface area contributed by atoms with Gasteiger partial charge in [0.25, 0.3) is 0 Å². The van der Waals surface area contributed by atoms with E-state index in [9.17, 15) is 14.7 Å². The Balaban J connectivity index is 1.48. The molecule has 5 nitrogen and oxygen atoms in total. The first-order chi connectivity index (χ1) is 11.1. The minimum absolute atomic E-state index is 0.0496. The zero-order chi connectivity index (χ0) is 16.0. The monoisotopic (exact) mass is 312 g/mol. The standard InChI is InChI=1S/C18H20N2O3/c21-17(16-12-5-3-6-13(12)16)20-15(18(22)23)8-10-9-19-14-7-2-1-4-11(10)14/h1-2,4,7,9,12-13,15-16,19H,3,5-6,8H2,(H,20,21)(H,22,23). The summed E-state index contributed by atoms with van der Waals surface area (Å²) in [4.78, 5) is 27.1. The average Bonchev–Trinajstić information content (AvgIpc) is 2.88. The van der Waals surface area contributed by atoms with Crippen LogP contribution in [0.2, 0.25) is 0 Å². The minimum Gasteiger partial charge on any atom is -0.480 e. The SMILES string of the molecule is O=C(O)C(Cc1c[nH]c2ccccc12)NC(=O)C1C2CCCC21. The molecular weight excluding hydrogens is 292 g/mol. The maximum absolute atomic E-state index is 12.3. The lowest BCUT2D eigenvalue weighted by Gasteiger charge is -2.15. The molecule has 2 fully saturated rings. The summed E-state index contributed by atoms with van der Waals surface area (Å²) in [6.07, 6.45) is 5.56. The number of para-hydroxylation sites is 1. The second-order valence-corrected chi connectivity index (χ2v) is 6.75. The summed E-state index contributed by atoms with van der Waals surface area (Å²) >= 11 is 0. The number of amides is 1. The van der Waals surface area contributed by atoms with E-state index in [1.807, 2.05) is 30.5 Å². The van der Waals surface area contributed by atoms with Gasteiger partial charge in [-0.1, -0.05) is 24.6 Å². The molecule has 2 aliphatic carbocycles. The minimum atomic E-state index is -0.977. The van der Waals surface area contributed by atoms with Crippen LogP contribution in [-0.2, 0) is 16.0 Å². The van der Waals surface area contributed by atoms with Gasteiger partial charge in [-0.05, 0) is 36.3 Å². The third-order valence-electron chi connectivity index (χ3n) is 5.42. The number of fused-ring (bicyclic) bond motifs is 2. The second-order valence-electron chi connectivity index (χ2n) is 6.75. The Hall–Kier alpha value is -2.30. The number of carbonyl (C=O) groups is 2. The van der Waals surface area contributed by atoms with Crippen LogP contribution >= 0.6 is 0 Å². The predicted molar refractivity (Wildman–Crippen MR) is 85.9 cm³/mol. The van der Waals surface area contributed by atoms with Crippen LogP contribution in [-0.4, -0.2) is 28.0 Å². The number of carbonyl (C=O) groups excluding carboxylic acids is 1. The Bertz CT molecular complexity index is 756. The molecule has 0 bridgehead atoms. The van der Waals surface area contributed by atoms with Crippen LogP contribution in [0.15, 0.2) is 30.5 Å². The van der Waals surface area contributed by atoms with Crippen molar-refractivity contribution in [3.8, 4) is 0 Å². The number of carboxylic acid groups (broad SMARTS) is 1. The molecule has 3 N–H and O–H groups in total. The van der Waals surface area contributed by atoms with Crippen molar-refractivity contribution >= 4 is 22.8 Å². The Labute approximate surface area is 134 Å². The molecule has 2 aromatic rings. The summed E-state index contributed by atoms with van der Waals surface area (Å²) < 4.78 is 0. The summed E-state index contributed by atoms with van der Waals surface area (Å²) in [6.45, 7) is 0. The van der Waals surface area contributed by atoms with Gasteiger partial charge in [0.05, 0.1) is 0 Å². The highest BCUT2D eigenvalue weighted by atomic mass is 16.4. The van der Waals surface area contributed by atoms with Crippen LogP contribution < -0.4 is 5.32 Å².